The molecule has 8 heteroatoms. The van der Waals surface area contributed by atoms with Gasteiger partial charge in [-0.1, -0.05) is 149 Å². The van der Waals surface area contributed by atoms with Crippen LogP contribution in [0.4, 0.5) is 0 Å². The second kappa shape index (κ2) is 37.9. The zero-order chi connectivity index (χ0) is 40.0. The fourth-order valence-electron chi connectivity index (χ4n) is 7.85. The van der Waals surface area contributed by atoms with Crippen molar-refractivity contribution in [1.29, 1.82) is 0 Å². The Hall–Kier alpha value is -1.67. The van der Waals surface area contributed by atoms with Crippen LogP contribution in [-0.4, -0.2) is 84.3 Å². The van der Waals surface area contributed by atoms with E-state index in [0.717, 1.165) is 116 Å². The zero-order valence-corrected chi connectivity index (χ0v) is 36.6. The Morgan fingerprint density at radius 1 is 0.618 bits per heavy atom. The van der Waals surface area contributed by atoms with E-state index in [2.05, 4.69) is 25.7 Å². The molecule has 55 heavy (non-hydrogen) atoms. The fraction of sp³-hybridized carbons (Fsp3) is 0.936. The van der Waals surface area contributed by atoms with Crippen molar-refractivity contribution in [3.63, 3.8) is 0 Å². The molecule has 1 aliphatic rings. The van der Waals surface area contributed by atoms with Gasteiger partial charge >= 0.3 is 11.9 Å². The number of likely N-dealkylation sites (tertiary alicyclic amines) is 1. The molecule has 1 amide bonds. The smallest absolute Gasteiger partial charge is 0.306 e. The SMILES string of the molecule is CCCCCCCCCCCOC(=O)CCCCCN(CCCCCCCC(=O)OC(CCCCCCC)CCCCCCC)CC(O)CN1CCCC1=O. The van der Waals surface area contributed by atoms with Crippen molar-refractivity contribution in [3.8, 4) is 0 Å². The van der Waals surface area contributed by atoms with Gasteiger partial charge in [-0.15, -0.1) is 0 Å². The molecule has 0 aliphatic carbocycles. The predicted octanol–water partition coefficient (Wildman–Crippen LogP) is 11.9. The van der Waals surface area contributed by atoms with Crippen molar-refractivity contribution in [2.24, 2.45) is 0 Å². The molecule has 0 bridgehead atoms. The normalized spacial score (nSPS) is 13.7. The summed E-state index contributed by atoms with van der Waals surface area (Å²) < 4.78 is 11.5. The van der Waals surface area contributed by atoms with E-state index in [0.29, 0.717) is 39.0 Å². The summed E-state index contributed by atoms with van der Waals surface area (Å²) in [5.74, 6) is 0.0566. The third-order valence-corrected chi connectivity index (χ3v) is 11.4. The molecular weight excluding hydrogens is 689 g/mol. The van der Waals surface area contributed by atoms with Crippen molar-refractivity contribution in [2.45, 2.75) is 245 Å². The van der Waals surface area contributed by atoms with Gasteiger partial charge in [0.05, 0.1) is 12.7 Å². The van der Waals surface area contributed by atoms with Crippen LogP contribution in [-0.2, 0) is 23.9 Å². The van der Waals surface area contributed by atoms with Crippen LogP contribution in [0, 0.1) is 0 Å². The number of hydrogen-bond acceptors (Lipinski definition) is 7. The number of carbonyl (C=O) groups is 3. The largest absolute Gasteiger partial charge is 0.466 e. The van der Waals surface area contributed by atoms with Gasteiger partial charge in [0, 0.05) is 38.9 Å². The third kappa shape index (κ3) is 32.0. The maximum Gasteiger partial charge on any atom is 0.306 e. The average molecular weight is 779 g/mol. The molecule has 324 valence electrons. The Morgan fingerprint density at radius 3 is 1.60 bits per heavy atom. The number of amides is 1. The average Bonchev–Trinajstić information content (AvgIpc) is 3.57. The van der Waals surface area contributed by atoms with Crippen molar-refractivity contribution in [2.75, 3.05) is 39.3 Å². The number of nitrogens with zero attached hydrogens (tertiary/aromatic N) is 2. The molecule has 1 saturated heterocycles. The molecule has 1 aliphatic heterocycles. The molecular formula is C47H90N2O6. The molecule has 0 aromatic heterocycles. The van der Waals surface area contributed by atoms with E-state index in [4.69, 9.17) is 9.47 Å². The van der Waals surface area contributed by atoms with Crippen LogP contribution in [0.1, 0.15) is 233 Å². The highest BCUT2D eigenvalue weighted by Crippen LogP contribution is 2.18. The summed E-state index contributed by atoms with van der Waals surface area (Å²) in [5, 5.41) is 10.9. The zero-order valence-electron chi connectivity index (χ0n) is 36.6. The first kappa shape index (κ1) is 51.3. The van der Waals surface area contributed by atoms with E-state index in [9.17, 15) is 19.5 Å². The minimum absolute atomic E-state index is 0.0178. The summed E-state index contributed by atoms with van der Waals surface area (Å²) in [7, 11) is 0. The molecule has 1 fully saturated rings. The van der Waals surface area contributed by atoms with Crippen LogP contribution >= 0.6 is 0 Å². The van der Waals surface area contributed by atoms with E-state index in [-0.39, 0.29) is 23.9 Å². The lowest BCUT2D eigenvalue weighted by molar-refractivity contribution is -0.150. The van der Waals surface area contributed by atoms with Gasteiger partial charge in [-0.2, -0.15) is 0 Å². The topological polar surface area (TPSA) is 96.4 Å². The van der Waals surface area contributed by atoms with Crippen LogP contribution < -0.4 is 0 Å². The number of β-amino-alcohol motifs (C(OH)–C–C–N with tert-alkyl or cyclic N) is 1. The van der Waals surface area contributed by atoms with E-state index >= 15 is 0 Å². The molecule has 1 unspecified atom stereocenters. The summed E-state index contributed by atoms with van der Waals surface area (Å²) in [4.78, 5) is 41.3. The van der Waals surface area contributed by atoms with Crippen LogP contribution in [0.5, 0.6) is 0 Å². The molecule has 1 heterocycles. The molecule has 0 radical (unpaired) electrons. The fourth-order valence-corrected chi connectivity index (χ4v) is 7.85. The summed E-state index contributed by atoms with van der Waals surface area (Å²) in [6.45, 7) is 10.8. The Bertz CT molecular complexity index is 887. The Morgan fingerprint density at radius 2 is 1.07 bits per heavy atom. The van der Waals surface area contributed by atoms with Gasteiger partial charge in [0.2, 0.25) is 5.91 Å². The lowest BCUT2D eigenvalue weighted by Crippen LogP contribution is -2.41. The van der Waals surface area contributed by atoms with E-state index in [1.54, 1.807) is 4.90 Å². The van der Waals surface area contributed by atoms with Crippen LogP contribution in [0.3, 0.4) is 0 Å². The first-order chi connectivity index (χ1) is 26.9. The number of aliphatic hydroxyl groups excluding tert-OH is 1. The van der Waals surface area contributed by atoms with Gasteiger partial charge in [0.1, 0.15) is 6.10 Å². The number of rotatable bonds is 41. The molecule has 1 rings (SSSR count). The van der Waals surface area contributed by atoms with Crippen molar-refractivity contribution >= 4 is 17.8 Å². The maximum absolute atomic E-state index is 12.8. The van der Waals surface area contributed by atoms with Crippen molar-refractivity contribution in [1.82, 2.24) is 9.80 Å². The molecule has 0 aromatic rings. The first-order valence-corrected chi connectivity index (χ1v) is 23.9. The summed E-state index contributed by atoms with van der Waals surface area (Å²) in [6, 6.07) is 0. The maximum atomic E-state index is 12.8. The monoisotopic (exact) mass is 779 g/mol. The molecule has 1 atom stereocenters. The van der Waals surface area contributed by atoms with Gasteiger partial charge in [-0.05, 0) is 77.3 Å². The summed E-state index contributed by atoms with van der Waals surface area (Å²) in [5.41, 5.74) is 0. The molecule has 0 saturated carbocycles. The highest BCUT2D eigenvalue weighted by Gasteiger charge is 2.23. The van der Waals surface area contributed by atoms with Crippen LogP contribution in [0.2, 0.25) is 0 Å². The second-order valence-corrected chi connectivity index (χ2v) is 16.8. The lowest BCUT2D eigenvalue weighted by Gasteiger charge is -2.27. The van der Waals surface area contributed by atoms with Crippen LogP contribution in [0.25, 0.3) is 0 Å². The second-order valence-electron chi connectivity index (χ2n) is 16.8. The van der Waals surface area contributed by atoms with Gasteiger partial charge in [-0.25, -0.2) is 0 Å². The quantitative estimate of drug-likeness (QED) is 0.0487. The minimum Gasteiger partial charge on any atom is -0.466 e. The van der Waals surface area contributed by atoms with E-state index < -0.39 is 6.10 Å². The lowest BCUT2D eigenvalue weighted by atomic mass is 10.0. The first-order valence-electron chi connectivity index (χ1n) is 23.9. The number of carbonyl (C=O) groups excluding carboxylic acids is 3. The third-order valence-electron chi connectivity index (χ3n) is 11.4. The Labute approximate surface area is 340 Å². The molecule has 0 spiro atoms. The van der Waals surface area contributed by atoms with Gasteiger partial charge in [-0.3, -0.25) is 14.4 Å². The van der Waals surface area contributed by atoms with Gasteiger partial charge in [0.15, 0.2) is 0 Å². The highest BCUT2D eigenvalue weighted by molar-refractivity contribution is 5.78. The number of aliphatic hydroxyl groups is 1. The van der Waals surface area contributed by atoms with Gasteiger partial charge < -0.3 is 24.4 Å². The Balaban J connectivity index is 2.32. The number of esters is 2. The van der Waals surface area contributed by atoms with E-state index in [1.165, 1.54) is 96.3 Å². The number of ether oxygens (including phenoxy) is 2. The minimum atomic E-state index is -0.555. The summed E-state index contributed by atoms with van der Waals surface area (Å²) >= 11 is 0. The van der Waals surface area contributed by atoms with Gasteiger partial charge in [0.25, 0.3) is 0 Å². The summed E-state index contributed by atoms with van der Waals surface area (Å²) in [6.07, 6.45) is 35.7. The molecule has 8 nitrogen and oxygen atoms in total. The predicted molar refractivity (Wildman–Crippen MR) is 229 cm³/mol. The standard InChI is InChI=1S/C47H90N2O6/c1-4-7-10-13-14-15-16-22-30-40-54-46(52)35-27-23-29-38-48(41-43(50)42-49-39-31-34-45(49)51)37-28-21-17-20-26-36-47(53)55-44(32-24-18-11-8-5-2)33-25-19-12-9-6-3/h43-44,50H,4-42H2,1-3H3. The molecule has 1 N–H and O–H groups in total. The molecule has 0 aromatic carbocycles. The Kier molecular flexibility index (Phi) is 35.4. The number of unbranched alkanes of at least 4 members (excludes halogenated alkanes) is 22. The number of hydrogen-bond donors (Lipinski definition) is 1. The highest BCUT2D eigenvalue weighted by atomic mass is 16.5. The van der Waals surface area contributed by atoms with Crippen molar-refractivity contribution in [3.05, 3.63) is 0 Å². The van der Waals surface area contributed by atoms with Crippen molar-refractivity contribution < 1.29 is 29.0 Å². The van der Waals surface area contributed by atoms with E-state index in [1.807, 2.05) is 0 Å². The van der Waals surface area contributed by atoms with Crippen LogP contribution in [0.15, 0.2) is 0 Å².